The molecule has 0 aliphatic heterocycles. The highest BCUT2D eigenvalue weighted by atomic mass is 32.2. The Morgan fingerprint density at radius 3 is 2.15 bits per heavy atom. The van der Waals surface area contributed by atoms with Crippen LogP contribution >= 0.6 is 11.8 Å². The van der Waals surface area contributed by atoms with E-state index in [0.29, 0.717) is 12.4 Å². The lowest BCUT2D eigenvalue weighted by Crippen LogP contribution is -2.36. The van der Waals surface area contributed by atoms with Crippen LogP contribution in [0.15, 0.2) is 64.9 Å². The molecule has 0 aromatic heterocycles. The summed E-state index contributed by atoms with van der Waals surface area (Å²) in [6.45, 7) is 18.9. The van der Waals surface area contributed by atoms with E-state index in [1.807, 2.05) is 20.8 Å². The molecular formula is C28H38F2O3S. The van der Waals surface area contributed by atoms with Crippen LogP contribution in [0.25, 0.3) is 0 Å². The average molecular weight is 493 g/mol. The van der Waals surface area contributed by atoms with Crippen LogP contribution in [-0.2, 0) is 4.79 Å². The van der Waals surface area contributed by atoms with E-state index in [1.54, 1.807) is 50.7 Å². The number of ether oxygens (including phenoxy) is 2. The Morgan fingerprint density at radius 1 is 1.06 bits per heavy atom. The molecule has 0 atom stereocenters. The summed E-state index contributed by atoms with van der Waals surface area (Å²) in [6, 6.07) is 10.7. The fourth-order valence-corrected chi connectivity index (χ4v) is 2.68. The highest BCUT2D eigenvalue weighted by Crippen LogP contribution is 2.23. The first kappa shape index (κ1) is 31.4. The van der Waals surface area contributed by atoms with Gasteiger partial charge in [-0.1, -0.05) is 32.1 Å². The molecule has 188 valence electrons. The summed E-state index contributed by atoms with van der Waals surface area (Å²) in [4.78, 5) is 12.3. The molecule has 0 saturated heterocycles. The molecule has 0 unspecified atom stereocenters. The summed E-state index contributed by atoms with van der Waals surface area (Å²) in [5.74, 6) is -0.00867. The summed E-state index contributed by atoms with van der Waals surface area (Å²) < 4.78 is 36.9. The Hall–Kier alpha value is -2.60. The van der Waals surface area contributed by atoms with Crippen molar-refractivity contribution in [3.8, 4) is 11.5 Å². The first-order valence-corrected chi connectivity index (χ1v) is 12.1. The van der Waals surface area contributed by atoms with Crippen molar-refractivity contribution in [3.63, 3.8) is 0 Å². The zero-order valence-corrected chi connectivity index (χ0v) is 22.4. The van der Waals surface area contributed by atoms with Crippen molar-refractivity contribution in [3.05, 3.63) is 82.1 Å². The smallest absolute Gasteiger partial charge is 0.172 e. The normalized spacial score (nSPS) is 10.8. The molecule has 0 N–H and O–H groups in total. The number of ketones is 1. The van der Waals surface area contributed by atoms with Gasteiger partial charge < -0.3 is 9.47 Å². The quantitative estimate of drug-likeness (QED) is 0.351. The minimum atomic E-state index is -0.990. The molecule has 2 aromatic rings. The molecule has 6 heteroatoms. The maximum absolute atomic E-state index is 13.4. The molecule has 0 heterocycles. The molecule has 2 aromatic carbocycles. The molecule has 0 aliphatic rings. The first-order valence-electron chi connectivity index (χ1n) is 11.2. The number of thioether (sulfide) groups is 1. The molecule has 0 radical (unpaired) electrons. The number of benzene rings is 2. The van der Waals surface area contributed by atoms with Gasteiger partial charge in [0.15, 0.2) is 23.0 Å². The number of allylic oxidation sites excluding steroid dienone is 1. The van der Waals surface area contributed by atoms with Crippen LogP contribution in [0.2, 0.25) is 0 Å². The molecule has 0 fully saturated rings. The number of hydrogen-bond donors (Lipinski definition) is 0. The Kier molecular flexibility index (Phi) is 14.9. The topological polar surface area (TPSA) is 35.5 Å². The second-order valence-electron chi connectivity index (χ2n) is 7.94. The zero-order valence-electron chi connectivity index (χ0n) is 21.6. The van der Waals surface area contributed by atoms with Gasteiger partial charge in [0.25, 0.3) is 0 Å². The van der Waals surface area contributed by atoms with Crippen LogP contribution in [0, 0.1) is 18.6 Å². The third-order valence-corrected chi connectivity index (χ3v) is 5.26. The van der Waals surface area contributed by atoms with Crippen molar-refractivity contribution in [2.75, 3.05) is 6.61 Å². The maximum Gasteiger partial charge on any atom is 0.172 e. The van der Waals surface area contributed by atoms with Crippen molar-refractivity contribution >= 4 is 17.5 Å². The number of rotatable bonds is 9. The summed E-state index contributed by atoms with van der Waals surface area (Å²) in [5, 5.41) is 2.08. The van der Waals surface area contributed by atoms with Crippen molar-refractivity contribution in [1.82, 2.24) is 0 Å². The van der Waals surface area contributed by atoms with Crippen LogP contribution < -0.4 is 9.47 Å². The third-order valence-electron chi connectivity index (χ3n) is 4.34. The molecule has 0 spiro atoms. The minimum absolute atomic E-state index is 0.112. The zero-order chi connectivity index (χ0) is 26.3. The van der Waals surface area contributed by atoms with Gasteiger partial charge in [0.2, 0.25) is 0 Å². The number of carbonyl (C=O) groups is 1. The van der Waals surface area contributed by atoms with E-state index in [9.17, 15) is 13.6 Å². The number of carbonyl (C=O) groups excluding carboxylic acids is 1. The highest BCUT2D eigenvalue weighted by Gasteiger charge is 2.26. The molecule has 0 saturated carbocycles. The fraction of sp³-hybridized carbons (Fsp3) is 0.393. The van der Waals surface area contributed by atoms with Gasteiger partial charge in [0.1, 0.15) is 11.6 Å². The highest BCUT2D eigenvalue weighted by molar-refractivity contribution is 8.05. The SMILES string of the molecule is C=C(C)S/C=C(\C)CCOc1ccc(F)cc1.CC.CC(=O)C(C)(C)Oc1ccc(C)cc1F. The second-order valence-corrected chi connectivity index (χ2v) is 9.11. The molecule has 3 nitrogen and oxygen atoms in total. The number of aryl methyl sites for hydroxylation is 1. The Labute approximate surface area is 208 Å². The Morgan fingerprint density at radius 2 is 1.65 bits per heavy atom. The van der Waals surface area contributed by atoms with Gasteiger partial charge in [-0.05, 0) is 93.8 Å². The van der Waals surface area contributed by atoms with Crippen molar-refractivity contribution in [1.29, 1.82) is 0 Å². The Balaban J connectivity index is 0.000000601. The van der Waals surface area contributed by atoms with Crippen LogP contribution in [-0.4, -0.2) is 18.0 Å². The number of halogens is 2. The summed E-state index contributed by atoms with van der Waals surface area (Å²) in [6.07, 6.45) is 0.859. The van der Waals surface area contributed by atoms with Crippen molar-refractivity contribution < 1.29 is 23.0 Å². The van der Waals surface area contributed by atoms with E-state index < -0.39 is 11.4 Å². The van der Waals surface area contributed by atoms with Crippen LogP contribution in [0.4, 0.5) is 8.78 Å². The summed E-state index contributed by atoms with van der Waals surface area (Å²) in [7, 11) is 0. The Bertz CT molecular complexity index is 935. The molecular weight excluding hydrogens is 454 g/mol. The van der Waals surface area contributed by atoms with Crippen LogP contribution in [0.5, 0.6) is 11.5 Å². The molecule has 2 rings (SSSR count). The van der Waals surface area contributed by atoms with Gasteiger partial charge in [-0.2, -0.15) is 0 Å². The van der Waals surface area contributed by atoms with E-state index in [1.165, 1.54) is 36.8 Å². The number of hydrogen-bond acceptors (Lipinski definition) is 4. The molecule has 0 aliphatic carbocycles. The van der Waals surface area contributed by atoms with Crippen molar-refractivity contribution in [2.24, 2.45) is 0 Å². The lowest BCUT2D eigenvalue weighted by Gasteiger charge is -2.23. The maximum atomic E-state index is 13.4. The van der Waals surface area contributed by atoms with Crippen LogP contribution in [0.3, 0.4) is 0 Å². The van der Waals surface area contributed by atoms with Gasteiger partial charge in [0.05, 0.1) is 6.61 Å². The fourth-order valence-electron chi connectivity index (χ4n) is 2.16. The molecule has 34 heavy (non-hydrogen) atoms. The first-order chi connectivity index (χ1) is 15.9. The molecule has 0 bridgehead atoms. The van der Waals surface area contributed by atoms with Gasteiger partial charge >= 0.3 is 0 Å². The lowest BCUT2D eigenvalue weighted by atomic mass is 10.1. The standard InChI is InChI=1S/C14H17FOS.C12H15FO2.C2H6/c1-11(2)17-10-12(3)8-9-16-14-6-4-13(15)5-7-14;1-8-5-6-11(10(13)7-8)15-12(3,4)9(2)14;1-2/h4-7,10H,1,8-9H2,2-3H3;5-7H,1-4H3;1-2H3/b12-10+;;. The summed E-state index contributed by atoms with van der Waals surface area (Å²) in [5.41, 5.74) is 1.08. The number of Topliss-reactive ketones (excluding diaryl/α,β-unsaturated/α-hetero) is 1. The van der Waals surface area contributed by atoms with E-state index in [4.69, 9.17) is 9.47 Å². The largest absolute Gasteiger partial charge is 0.493 e. The minimum Gasteiger partial charge on any atom is -0.493 e. The van der Waals surface area contributed by atoms with Crippen LogP contribution in [0.1, 0.15) is 60.5 Å². The van der Waals surface area contributed by atoms with Gasteiger partial charge in [-0.3, -0.25) is 4.79 Å². The second kappa shape index (κ2) is 16.1. The van der Waals surface area contributed by atoms with E-state index in [2.05, 4.69) is 18.9 Å². The van der Waals surface area contributed by atoms with E-state index in [-0.39, 0.29) is 17.3 Å². The van der Waals surface area contributed by atoms with Gasteiger partial charge in [-0.25, -0.2) is 8.78 Å². The predicted molar refractivity (Wildman–Crippen MR) is 141 cm³/mol. The molecule has 0 amide bonds. The van der Waals surface area contributed by atoms with E-state index >= 15 is 0 Å². The lowest BCUT2D eigenvalue weighted by molar-refractivity contribution is -0.129. The van der Waals surface area contributed by atoms with Crippen molar-refractivity contribution in [2.45, 2.75) is 67.4 Å². The van der Waals surface area contributed by atoms with Gasteiger partial charge in [-0.15, -0.1) is 11.8 Å². The van der Waals surface area contributed by atoms with Gasteiger partial charge in [0, 0.05) is 6.42 Å². The predicted octanol–water partition coefficient (Wildman–Crippen LogP) is 8.67. The summed E-state index contributed by atoms with van der Waals surface area (Å²) >= 11 is 1.63. The monoisotopic (exact) mass is 492 g/mol. The third kappa shape index (κ3) is 13.2. The average Bonchev–Trinajstić information content (AvgIpc) is 2.77. The van der Waals surface area contributed by atoms with E-state index in [0.717, 1.165) is 16.9 Å².